The summed E-state index contributed by atoms with van der Waals surface area (Å²) in [6.45, 7) is 2.59. The average Bonchev–Trinajstić information content (AvgIpc) is 2.97. The molecule has 2 aromatic carbocycles. The fraction of sp³-hybridized carbons (Fsp3) is 0.444. The molecule has 0 spiro atoms. The minimum Gasteiger partial charge on any atom is -0.496 e. The topological polar surface area (TPSA) is 130 Å². The van der Waals surface area contributed by atoms with E-state index in [1.165, 1.54) is 7.11 Å². The number of para-hydroxylation sites is 1. The normalized spacial score (nSPS) is 19.1. The first-order chi connectivity index (χ1) is 18.5. The lowest BCUT2D eigenvalue weighted by Gasteiger charge is -2.40. The quantitative estimate of drug-likeness (QED) is 0.265. The van der Waals surface area contributed by atoms with Crippen LogP contribution >= 0.6 is 0 Å². The van der Waals surface area contributed by atoms with E-state index in [-0.39, 0.29) is 36.7 Å². The third kappa shape index (κ3) is 5.13. The standard InChI is InChI=1S/C27H33N5O6/c1-36-24-16-21(38-20-10-14-31(15-11-20)26(28)29-35)6-7-22(24)25(33)30-12-8-19(9-13-30)32-23-5-3-2-4-18(23)17-37-27(32)34/h2-7,16,19-20,35H,8-15,17H2,1H3,(H2,28,29). The van der Waals surface area contributed by atoms with Crippen molar-refractivity contribution < 1.29 is 29.0 Å². The van der Waals surface area contributed by atoms with Gasteiger partial charge >= 0.3 is 6.09 Å². The summed E-state index contributed by atoms with van der Waals surface area (Å²) >= 11 is 0. The smallest absolute Gasteiger partial charge is 0.414 e. The highest BCUT2D eigenvalue weighted by Crippen LogP contribution is 2.33. The van der Waals surface area contributed by atoms with Gasteiger partial charge in [-0.2, -0.15) is 0 Å². The van der Waals surface area contributed by atoms with Crippen molar-refractivity contribution in [1.82, 2.24) is 9.80 Å². The van der Waals surface area contributed by atoms with Gasteiger partial charge in [0.15, 0.2) is 0 Å². The van der Waals surface area contributed by atoms with E-state index in [0.29, 0.717) is 56.1 Å². The molecule has 0 radical (unpaired) electrons. The van der Waals surface area contributed by atoms with Gasteiger partial charge in [-0.15, -0.1) is 0 Å². The van der Waals surface area contributed by atoms with Crippen molar-refractivity contribution in [3.63, 3.8) is 0 Å². The van der Waals surface area contributed by atoms with Crippen molar-refractivity contribution >= 4 is 23.6 Å². The fourth-order valence-electron chi connectivity index (χ4n) is 5.40. The van der Waals surface area contributed by atoms with Crippen LogP contribution in [0.1, 0.15) is 41.6 Å². The molecule has 3 N–H and O–H groups in total. The number of likely N-dealkylation sites (tertiary alicyclic amines) is 2. The predicted molar refractivity (Wildman–Crippen MR) is 140 cm³/mol. The van der Waals surface area contributed by atoms with Crippen LogP contribution in [0.3, 0.4) is 0 Å². The average molecular weight is 524 g/mol. The molecule has 38 heavy (non-hydrogen) atoms. The number of carbonyl (C=O) groups excluding carboxylic acids is 2. The van der Waals surface area contributed by atoms with Crippen LogP contribution in [0, 0.1) is 0 Å². The number of amides is 2. The maximum atomic E-state index is 13.4. The van der Waals surface area contributed by atoms with E-state index in [1.54, 1.807) is 32.9 Å². The Morgan fingerprint density at radius 3 is 2.47 bits per heavy atom. The molecule has 2 aromatic rings. The number of oxime groups is 1. The lowest BCUT2D eigenvalue weighted by molar-refractivity contribution is 0.0705. The van der Waals surface area contributed by atoms with E-state index in [0.717, 1.165) is 24.1 Å². The number of cyclic esters (lactones) is 1. The van der Waals surface area contributed by atoms with Crippen LogP contribution in [0.5, 0.6) is 11.5 Å². The van der Waals surface area contributed by atoms with E-state index in [2.05, 4.69) is 5.16 Å². The summed E-state index contributed by atoms with van der Waals surface area (Å²) in [5.74, 6) is 1.08. The van der Waals surface area contributed by atoms with Crippen molar-refractivity contribution in [2.75, 3.05) is 38.2 Å². The molecule has 3 aliphatic rings. The van der Waals surface area contributed by atoms with Crippen LogP contribution in [0.2, 0.25) is 0 Å². The van der Waals surface area contributed by atoms with Crippen LogP contribution in [0.15, 0.2) is 47.6 Å². The maximum absolute atomic E-state index is 13.4. The zero-order valence-electron chi connectivity index (χ0n) is 21.4. The van der Waals surface area contributed by atoms with Crippen molar-refractivity contribution in [2.45, 2.75) is 44.4 Å². The van der Waals surface area contributed by atoms with Crippen molar-refractivity contribution in [3.8, 4) is 11.5 Å². The Morgan fingerprint density at radius 2 is 1.76 bits per heavy atom. The fourth-order valence-corrected chi connectivity index (χ4v) is 5.40. The Balaban J connectivity index is 1.20. The third-order valence-electron chi connectivity index (χ3n) is 7.49. The Kier molecular flexibility index (Phi) is 7.43. The summed E-state index contributed by atoms with van der Waals surface area (Å²) in [5, 5.41) is 11.9. The van der Waals surface area contributed by atoms with Gasteiger partial charge in [-0.3, -0.25) is 9.69 Å². The Morgan fingerprint density at radius 1 is 1.05 bits per heavy atom. The highest BCUT2D eigenvalue weighted by molar-refractivity contribution is 5.97. The van der Waals surface area contributed by atoms with Crippen LogP contribution in [0.4, 0.5) is 10.5 Å². The molecule has 0 saturated carbocycles. The van der Waals surface area contributed by atoms with Gasteiger partial charge in [-0.25, -0.2) is 4.79 Å². The third-order valence-corrected chi connectivity index (χ3v) is 7.49. The summed E-state index contributed by atoms with van der Waals surface area (Å²) < 4.78 is 17.1. The number of hydrogen-bond acceptors (Lipinski definition) is 7. The van der Waals surface area contributed by atoms with Gasteiger partial charge in [0.05, 0.1) is 18.4 Å². The zero-order chi connectivity index (χ0) is 26.6. The molecule has 0 aliphatic carbocycles. The summed E-state index contributed by atoms with van der Waals surface area (Å²) in [5.41, 5.74) is 8.03. The van der Waals surface area contributed by atoms with Crippen LogP contribution in [0.25, 0.3) is 0 Å². The van der Waals surface area contributed by atoms with E-state index in [9.17, 15) is 9.59 Å². The van der Waals surface area contributed by atoms with Gasteiger partial charge in [0.25, 0.3) is 5.91 Å². The number of ether oxygens (including phenoxy) is 3. The van der Waals surface area contributed by atoms with Gasteiger partial charge in [-0.1, -0.05) is 23.4 Å². The number of rotatable bonds is 5. The number of anilines is 1. The van der Waals surface area contributed by atoms with Crippen LogP contribution in [-0.2, 0) is 11.3 Å². The van der Waals surface area contributed by atoms with E-state index < -0.39 is 0 Å². The highest BCUT2D eigenvalue weighted by atomic mass is 16.6. The van der Waals surface area contributed by atoms with Gasteiger partial charge in [0.1, 0.15) is 24.2 Å². The molecule has 0 unspecified atom stereocenters. The van der Waals surface area contributed by atoms with Crippen LogP contribution < -0.4 is 20.1 Å². The van der Waals surface area contributed by atoms with Crippen molar-refractivity contribution in [3.05, 3.63) is 53.6 Å². The Hall–Kier alpha value is -4.15. The maximum Gasteiger partial charge on any atom is 0.414 e. The van der Waals surface area contributed by atoms with Gasteiger partial charge in [0.2, 0.25) is 5.96 Å². The molecule has 3 aliphatic heterocycles. The summed E-state index contributed by atoms with van der Waals surface area (Å²) in [6.07, 6.45) is 2.41. The first kappa shape index (κ1) is 25.5. The number of hydrogen-bond donors (Lipinski definition) is 2. The molecular formula is C27H33N5O6. The second-order valence-electron chi connectivity index (χ2n) is 9.70. The number of nitrogens with zero attached hydrogens (tertiary/aromatic N) is 4. The second kappa shape index (κ2) is 11.1. The molecule has 2 amide bonds. The first-order valence-electron chi connectivity index (χ1n) is 12.9. The Labute approximate surface area is 221 Å². The number of nitrogens with two attached hydrogens (primary N) is 1. The summed E-state index contributed by atoms with van der Waals surface area (Å²) in [7, 11) is 1.54. The number of methoxy groups -OCH3 is 1. The summed E-state index contributed by atoms with van der Waals surface area (Å²) in [6, 6.07) is 13.0. The SMILES string of the molecule is COc1cc(OC2CCN(/C(N)=N/O)CC2)ccc1C(=O)N1CCC(N2C(=O)OCc3ccccc32)CC1. The van der Waals surface area contributed by atoms with Crippen LogP contribution in [-0.4, -0.2) is 78.4 Å². The Bertz CT molecular complexity index is 1200. The number of carbonyl (C=O) groups is 2. The second-order valence-corrected chi connectivity index (χ2v) is 9.70. The van der Waals surface area contributed by atoms with Crippen molar-refractivity contribution in [1.29, 1.82) is 0 Å². The van der Waals surface area contributed by atoms with Gasteiger partial charge in [0, 0.05) is 56.7 Å². The predicted octanol–water partition coefficient (Wildman–Crippen LogP) is 3.00. The number of benzene rings is 2. The number of piperidine rings is 2. The molecule has 2 fully saturated rings. The molecule has 5 rings (SSSR count). The lowest BCUT2D eigenvalue weighted by Crippen LogP contribution is -2.50. The van der Waals surface area contributed by atoms with Gasteiger partial charge < -0.3 is 35.0 Å². The molecule has 3 heterocycles. The number of guanidine groups is 1. The molecule has 2 saturated heterocycles. The lowest BCUT2D eigenvalue weighted by atomic mass is 10.00. The molecule has 11 heteroatoms. The monoisotopic (exact) mass is 523 g/mol. The first-order valence-corrected chi connectivity index (χ1v) is 12.9. The number of fused-ring (bicyclic) bond motifs is 1. The minimum atomic E-state index is -0.332. The molecule has 0 atom stereocenters. The van der Waals surface area contributed by atoms with Crippen molar-refractivity contribution in [2.24, 2.45) is 10.9 Å². The molecule has 202 valence electrons. The zero-order valence-corrected chi connectivity index (χ0v) is 21.4. The van der Waals surface area contributed by atoms with E-state index in [4.69, 9.17) is 25.2 Å². The summed E-state index contributed by atoms with van der Waals surface area (Å²) in [4.78, 5) is 31.3. The van der Waals surface area contributed by atoms with E-state index in [1.807, 2.05) is 24.3 Å². The largest absolute Gasteiger partial charge is 0.496 e. The molecule has 11 nitrogen and oxygen atoms in total. The molecule has 0 bridgehead atoms. The molecular weight excluding hydrogens is 490 g/mol. The molecule has 0 aromatic heterocycles. The minimum absolute atomic E-state index is 0.0189. The van der Waals surface area contributed by atoms with E-state index >= 15 is 0 Å². The highest BCUT2D eigenvalue weighted by Gasteiger charge is 2.35. The van der Waals surface area contributed by atoms with Gasteiger partial charge in [-0.05, 0) is 31.0 Å².